The number of hydrogen-bond donors (Lipinski definition) is 0. The number of aryl methyl sites for hydroxylation is 1. The van der Waals surface area contributed by atoms with Crippen molar-refractivity contribution in [2.24, 2.45) is 0 Å². The van der Waals surface area contributed by atoms with E-state index in [0.29, 0.717) is 10.9 Å². The molecule has 0 saturated heterocycles. The summed E-state index contributed by atoms with van der Waals surface area (Å²) in [6.07, 6.45) is 4.38. The molecule has 0 aliphatic heterocycles. The van der Waals surface area contributed by atoms with Crippen LogP contribution in [-0.2, 0) is 0 Å². The molecule has 0 atom stereocenters. The van der Waals surface area contributed by atoms with Crippen LogP contribution < -0.4 is 4.74 Å². The maximum absolute atomic E-state index is 5.76. The van der Waals surface area contributed by atoms with Crippen molar-refractivity contribution in [3.8, 4) is 5.75 Å². The number of ether oxygens (including phenoxy) is 1. The Morgan fingerprint density at radius 1 is 1.54 bits per heavy atom. The van der Waals surface area contributed by atoms with Crippen LogP contribution in [0, 0.1) is 6.92 Å². The molecule has 1 aromatic rings. The monoisotopic (exact) mass is 241 g/mol. The van der Waals surface area contributed by atoms with Crippen LogP contribution in [0.15, 0.2) is 18.3 Å². The molecule has 0 bridgehead atoms. The molecule has 1 saturated carbocycles. The molecule has 70 valence electrons. The van der Waals surface area contributed by atoms with Gasteiger partial charge in [0.05, 0.1) is 5.69 Å². The fourth-order valence-electron chi connectivity index (χ4n) is 1.37. The summed E-state index contributed by atoms with van der Waals surface area (Å²) in [6.45, 7) is 1.97. The molecular weight excluding hydrogens is 230 g/mol. The van der Waals surface area contributed by atoms with E-state index in [9.17, 15) is 0 Å². The van der Waals surface area contributed by atoms with Gasteiger partial charge in [-0.1, -0.05) is 15.9 Å². The molecule has 1 aromatic heterocycles. The number of nitrogens with zero attached hydrogens (tertiary/aromatic N) is 1. The number of pyridine rings is 1. The van der Waals surface area contributed by atoms with E-state index in [0.717, 1.165) is 24.3 Å². The number of hydrogen-bond acceptors (Lipinski definition) is 2. The molecule has 0 unspecified atom stereocenters. The van der Waals surface area contributed by atoms with Crippen molar-refractivity contribution in [2.45, 2.75) is 30.7 Å². The molecule has 0 spiro atoms. The Hall–Kier alpha value is -0.570. The molecule has 0 aromatic carbocycles. The van der Waals surface area contributed by atoms with Gasteiger partial charge >= 0.3 is 0 Å². The molecule has 1 aliphatic carbocycles. The fourth-order valence-corrected chi connectivity index (χ4v) is 2.21. The molecule has 2 nitrogen and oxygen atoms in total. The molecule has 0 N–H and O–H groups in total. The van der Waals surface area contributed by atoms with Gasteiger partial charge in [0.25, 0.3) is 0 Å². The lowest BCUT2D eigenvalue weighted by molar-refractivity contribution is 0.126. The number of halogens is 1. The Bertz CT molecular complexity index is 297. The average molecular weight is 242 g/mol. The minimum absolute atomic E-state index is 0.382. The van der Waals surface area contributed by atoms with Crippen LogP contribution in [0.3, 0.4) is 0 Å². The molecule has 3 heteroatoms. The summed E-state index contributed by atoms with van der Waals surface area (Å²) in [4.78, 5) is 4.82. The first-order chi connectivity index (χ1) is 6.25. The highest BCUT2D eigenvalue weighted by Crippen LogP contribution is 2.31. The maximum atomic E-state index is 5.76. The molecular formula is C10H12BrNO. The highest BCUT2D eigenvalue weighted by molar-refractivity contribution is 9.09. The molecule has 1 heterocycles. The summed E-state index contributed by atoms with van der Waals surface area (Å²) in [5.74, 6) is 0.923. The lowest BCUT2D eigenvalue weighted by atomic mass is 9.96. The van der Waals surface area contributed by atoms with Crippen LogP contribution in [0.1, 0.15) is 18.5 Å². The molecule has 1 aliphatic rings. The molecule has 0 amide bonds. The Morgan fingerprint density at radius 2 is 2.31 bits per heavy atom. The molecule has 13 heavy (non-hydrogen) atoms. The summed E-state index contributed by atoms with van der Waals surface area (Å²) in [6, 6.07) is 3.89. The van der Waals surface area contributed by atoms with Crippen molar-refractivity contribution < 1.29 is 4.74 Å². The number of aromatic nitrogens is 1. The average Bonchev–Trinajstić information content (AvgIpc) is 2.06. The van der Waals surface area contributed by atoms with Crippen LogP contribution >= 0.6 is 15.9 Å². The second-order valence-electron chi connectivity index (χ2n) is 3.40. The maximum Gasteiger partial charge on any atom is 0.140 e. The number of alkyl halides is 1. The van der Waals surface area contributed by atoms with E-state index >= 15 is 0 Å². The Kier molecular flexibility index (Phi) is 2.54. The third-order valence-corrected chi connectivity index (χ3v) is 3.04. The zero-order valence-corrected chi connectivity index (χ0v) is 9.12. The first-order valence-corrected chi connectivity index (χ1v) is 5.39. The van der Waals surface area contributed by atoms with Gasteiger partial charge in [-0.2, -0.15) is 0 Å². The Morgan fingerprint density at radius 3 is 2.92 bits per heavy atom. The van der Waals surface area contributed by atoms with E-state index in [-0.39, 0.29) is 0 Å². The first kappa shape index (κ1) is 9.00. The predicted molar refractivity (Wildman–Crippen MR) is 55.3 cm³/mol. The van der Waals surface area contributed by atoms with Gasteiger partial charge in [-0.25, -0.2) is 0 Å². The van der Waals surface area contributed by atoms with Crippen molar-refractivity contribution in [1.29, 1.82) is 0 Å². The quantitative estimate of drug-likeness (QED) is 0.744. The minimum atomic E-state index is 0.382. The molecule has 0 radical (unpaired) electrons. The van der Waals surface area contributed by atoms with E-state index < -0.39 is 0 Å². The van der Waals surface area contributed by atoms with Gasteiger partial charge in [0.1, 0.15) is 11.9 Å². The number of rotatable bonds is 2. The van der Waals surface area contributed by atoms with Crippen molar-refractivity contribution in [1.82, 2.24) is 4.98 Å². The van der Waals surface area contributed by atoms with Gasteiger partial charge in [-0.3, -0.25) is 4.98 Å². The van der Waals surface area contributed by atoms with E-state index in [1.54, 1.807) is 6.20 Å². The van der Waals surface area contributed by atoms with E-state index in [1.165, 1.54) is 0 Å². The largest absolute Gasteiger partial charge is 0.488 e. The zero-order chi connectivity index (χ0) is 9.26. The van der Waals surface area contributed by atoms with E-state index in [1.807, 2.05) is 19.1 Å². The van der Waals surface area contributed by atoms with Crippen molar-refractivity contribution in [2.75, 3.05) is 0 Å². The van der Waals surface area contributed by atoms with E-state index in [2.05, 4.69) is 20.9 Å². The van der Waals surface area contributed by atoms with Crippen LogP contribution in [0.25, 0.3) is 0 Å². The van der Waals surface area contributed by atoms with Crippen LogP contribution in [0.4, 0.5) is 0 Å². The van der Waals surface area contributed by atoms with Crippen LogP contribution in [0.2, 0.25) is 0 Å². The highest BCUT2D eigenvalue weighted by Gasteiger charge is 2.28. The fraction of sp³-hybridized carbons (Fsp3) is 0.500. The Balaban J connectivity index is 1.98. The van der Waals surface area contributed by atoms with E-state index in [4.69, 9.17) is 4.74 Å². The smallest absolute Gasteiger partial charge is 0.140 e. The summed E-state index contributed by atoms with van der Waals surface area (Å²) in [5, 5.41) is 0. The first-order valence-electron chi connectivity index (χ1n) is 4.48. The van der Waals surface area contributed by atoms with Gasteiger partial charge in [0.2, 0.25) is 0 Å². The van der Waals surface area contributed by atoms with Crippen molar-refractivity contribution in [3.63, 3.8) is 0 Å². The Labute approximate surface area is 86.5 Å². The summed E-state index contributed by atoms with van der Waals surface area (Å²) in [5.41, 5.74) is 0.973. The lowest BCUT2D eigenvalue weighted by Crippen LogP contribution is -2.34. The summed E-state index contributed by atoms with van der Waals surface area (Å²) >= 11 is 3.54. The third kappa shape index (κ3) is 2.02. The molecule has 1 fully saturated rings. The van der Waals surface area contributed by atoms with Gasteiger partial charge in [-0.15, -0.1) is 0 Å². The third-order valence-electron chi connectivity index (χ3n) is 2.29. The second kappa shape index (κ2) is 3.66. The normalized spacial score (nSPS) is 26.6. The SMILES string of the molecule is Cc1ncccc1OC1CC(Br)C1. The lowest BCUT2D eigenvalue weighted by Gasteiger charge is -2.31. The van der Waals surface area contributed by atoms with Crippen molar-refractivity contribution in [3.05, 3.63) is 24.0 Å². The zero-order valence-electron chi connectivity index (χ0n) is 7.53. The van der Waals surface area contributed by atoms with Gasteiger partial charge in [0.15, 0.2) is 0 Å². The van der Waals surface area contributed by atoms with Gasteiger partial charge in [0, 0.05) is 11.0 Å². The highest BCUT2D eigenvalue weighted by atomic mass is 79.9. The topological polar surface area (TPSA) is 22.1 Å². The summed E-state index contributed by atoms with van der Waals surface area (Å²) < 4.78 is 5.76. The standard InChI is InChI=1S/C10H12BrNO/c1-7-10(3-2-4-12-7)13-9-5-8(11)6-9/h2-4,8-9H,5-6H2,1H3. The minimum Gasteiger partial charge on any atom is -0.488 e. The van der Waals surface area contributed by atoms with Gasteiger partial charge < -0.3 is 4.74 Å². The predicted octanol–water partition coefficient (Wildman–Crippen LogP) is 2.69. The second-order valence-corrected chi connectivity index (χ2v) is 4.69. The van der Waals surface area contributed by atoms with Crippen LogP contribution in [-0.4, -0.2) is 15.9 Å². The van der Waals surface area contributed by atoms with Crippen molar-refractivity contribution >= 4 is 15.9 Å². The van der Waals surface area contributed by atoms with Gasteiger partial charge in [-0.05, 0) is 31.9 Å². The van der Waals surface area contributed by atoms with Crippen LogP contribution in [0.5, 0.6) is 5.75 Å². The molecule has 2 rings (SSSR count). The summed E-state index contributed by atoms with van der Waals surface area (Å²) in [7, 11) is 0.